The molecule has 210 valence electrons. The molecule has 0 aromatic heterocycles. The average Bonchev–Trinajstić information content (AvgIpc) is 3.27. The lowest BCUT2D eigenvalue weighted by atomic mass is 9.68. The highest BCUT2D eigenvalue weighted by Crippen LogP contribution is 2.49. The Morgan fingerprint density at radius 3 is 1.82 bits per heavy atom. The van der Waals surface area contributed by atoms with E-state index in [1.165, 1.54) is 12.1 Å². The Hall–Kier alpha value is -5.46. The second-order valence-corrected chi connectivity index (χ2v) is 11.5. The summed E-state index contributed by atoms with van der Waals surface area (Å²) in [7, 11) is 0. The van der Waals surface area contributed by atoms with Gasteiger partial charge in [-0.05, 0) is 110 Å². The second-order valence-electron chi connectivity index (χ2n) is 11.5. The van der Waals surface area contributed by atoms with Gasteiger partial charge in [0.2, 0.25) is 0 Å². The van der Waals surface area contributed by atoms with Crippen molar-refractivity contribution in [3.05, 3.63) is 156 Å². The monoisotopic (exact) mass is 592 g/mol. The molecule has 0 heterocycles. The zero-order valence-electron chi connectivity index (χ0n) is 45.7. The van der Waals surface area contributed by atoms with Crippen molar-refractivity contribution in [2.24, 2.45) is 0 Å². The van der Waals surface area contributed by atoms with Crippen LogP contribution < -0.4 is 0 Å². The summed E-state index contributed by atoms with van der Waals surface area (Å²) >= 11 is 0. The summed E-state index contributed by atoms with van der Waals surface area (Å²) in [5.74, 6) is 0. The van der Waals surface area contributed by atoms with Crippen molar-refractivity contribution >= 4 is 53.9 Å². The van der Waals surface area contributed by atoms with E-state index in [0.717, 1.165) is 0 Å². The van der Waals surface area contributed by atoms with Gasteiger partial charge in [-0.1, -0.05) is 147 Å². The minimum absolute atomic E-state index is 0.0104. The van der Waals surface area contributed by atoms with Crippen LogP contribution in [0.3, 0.4) is 0 Å². The minimum atomic E-state index is -1.23. The maximum absolute atomic E-state index is 9.88. The van der Waals surface area contributed by atoms with Crippen molar-refractivity contribution in [3.63, 3.8) is 0 Å². The molecule has 0 atom stereocenters. The topological polar surface area (TPSA) is 0 Å². The Morgan fingerprint density at radius 1 is 0.400 bits per heavy atom. The summed E-state index contributed by atoms with van der Waals surface area (Å²) < 4.78 is 200. The lowest BCUT2D eigenvalue weighted by Gasteiger charge is -2.35. The van der Waals surface area contributed by atoms with Gasteiger partial charge in [-0.15, -0.1) is 0 Å². The minimum Gasteiger partial charge on any atom is -0.0613 e. The molecule has 45 heavy (non-hydrogen) atoms. The van der Waals surface area contributed by atoms with Crippen molar-refractivity contribution in [1.82, 2.24) is 0 Å². The first-order chi connectivity index (χ1) is 31.3. The molecular weight excluding hydrogens is 540 g/mol. The summed E-state index contributed by atoms with van der Waals surface area (Å²) in [6, 6.07) is -11.4. The van der Waals surface area contributed by atoms with Crippen molar-refractivity contribution in [1.29, 1.82) is 0 Å². The van der Waals surface area contributed by atoms with Crippen LogP contribution in [0, 0.1) is 0 Å². The second kappa shape index (κ2) is 8.80. The Morgan fingerprint density at radius 2 is 1.00 bits per heavy atom. The normalized spacial score (nSPS) is 20.6. The van der Waals surface area contributed by atoms with E-state index in [2.05, 4.69) is 0 Å². The maximum atomic E-state index is 9.88. The van der Waals surface area contributed by atoms with Crippen molar-refractivity contribution < 1.29 is 30.2 Å². The molecule has 1 aliphatic carbocycles. The fourth-order valence-corrected chi connectivity index (χ4v) is 6.60. The standard InChI is InChI=1S/C45H30/c1-45(2)40-24-21-33(26-39(40)36-13-5-10-28-11-6-14-41(45)43(28)36)32-18-15-27-7-4-12-34(38(27)25-32)35-22-19-31-17-16-29-8-3-9-30-20-23-37(35)44(31)42(29)30/h3-26H,1-2H3/i3D,4D,5D,6D,7D,8D,9D,10D,11D,12D,13D,14D,15D,16D,17D,18D,19D,20D,22D,23D,25D,26D. The molecule has 0 heteroatoms. The van der Waals surface area contributed by atoms with Gasteiger partial charge in [0.15, 0.2) is 0 Å². The van der Waals surface area contributed by atoms with E-state index in [9.17, 15) is 11.0 Å². The molecule has 0 amide bonds. The Balaban J connectivity index is 1.41. The van der Waals surface area contributed by atoms with Gasteiger partial charge >= 0.3 is 0 Å². The van der Waals surface area contributed by atoms with Crippen LogP contribution in [0.15, 0.2) is 145 Å². The van der Waals surface area contributed by atoms with Crippen LogP contribution in [-0.4, -0.2) is 0 Å². The van der Waals surface area contributed by atoms with Crippen LogP contribution in [0.5, 0.6) is 0 Å². The molecule has 0 aliphatic heterocycles. The third kappa shape index (κ3) is 3.37. The summed E-state index contributed by atoms with van der Waals surface area (Å²) in [6.07, 6.45) is 0. The SMILES string of the molecule is [2H]c1c(-c2c([2H])c([2H])c3c([2H])c([2H])c([2H])c(-c4c([2H])c([2H])c5c([2H])c([2H])c6c([2H])c([2H])c([2H])c7c([2H])c([2H])c4c5c67)c3c2[2H])ccc2c1-c1c([2H])c([2H])c([2H])c3c([2H])c([2H])c([2H])c(c13)C2(C)C. The van der Waals surface area contributed by atoms with Gasteiger partial charge in [-0.2, -0.15) is 0 Å². The molecule has 0 saturated carbocycles. The molecule has 1 aliphatic rings. The highest BCUT2D eigenvalue weighted by molar-refractivity contribution is 6.26. The number of benzene rings is 9. The first kappa shape index (κ1) is 11.8. The summed E-state index contributed by atoms with van der Waals surface area (Å²) in [4.78, 5) is 0. The van der Waals surface area contributed by atoms with E-state index in [1.807, 2.05) is 0 Å². The quantitative estimate of drug-likeness (QED) is 0.175. The molecule has 0 bridgehead atoms. The largest absolute Gasteiger partial charge is 0.0636 e. The van der Waals surface area contributed by atoms with Gasteiger partial charge in [0.05, 0.1) is 30.2 Å². The first-order valence-electron chi connectivity index (χ1n) is 25.2. The number of hydrogen-bond donors (Lipinski definition) is 0. The van der Waals surface area contributed by atoms with E-state index < -0.39 is 165 Å². The highest BCUT2D eigenvalue weighted by atomic mass is 14.4. The molecule has 0 unspecified atom stereocenters. The number of rotatable bonds is 2. The Kier molecular flexibility index (Phi) is 2.31. The van der Waals surface area contributed by atoms with Crippen LogP contribution in [0.4, 0.5) is 0 Å². The van der Waals surface area contributed by atoms with Gasteiger partial charge in [0.25, 0.3) is 0 Å². The van der Waals surface area contributed by atoms with Crippen LogP contribution in [-0.2, 0) is 5.41 Å². The first-order valence-corrected chi connectivity index (χ1v) is 14.2. The third-order valence-corrected chi connectivity index (χ3v) is 8.76. The van der Waals surface area contributed by atoms with E-state index >= 15 is 0 Å². The van der Waals surface area contributed by atoms with Gasteiger partial charge in [0.1, 0.15) is 0 Å². The average molecular weight is 593 g/mol. The molecular formula is C45H30. The molecule has 0 saturated heterocycles. The summed E-state index contributed by atoms with van der Waals surface area (Å²) in [5, 5.41) is -3.02. The molecule has 10 rings (SSSR count). The van der Waals surface area contributed by atoms with Gasteiger partial charge in [0, 0.05) is 5.41 Å². The molecule has 0 fully saturated rings. The van der Waals surface area contributed by atoms with Crippen LogP contribution in [0.25, 0.3) is 87.2 Å². The van der Waals surface area contributed by atoms with Crippen molar-refractivity contribution in [2.45, 2.75) is 19.3 Å². The Labute approximate surface area is 293 Å². The van der Waals surface area contributed by atoms with Gasteiger partial charge in [-0.3, -0.25) is 0 Å². The van der Waals surface area contributed by atoms with Crippen molar-refractivity contribution in [2.75, 3.05) is 0 Å². The molecule has 0 radical (unpaired) electrons. The lowest BCUT2D eigenvalue weighted by Crippen LogP contribution is -2.23. The molecule has 0 spiro atoms. The number of fused-ring (bicyclic) bond motifs is 3. The van der Waals surface area contributed by atoms with Crippen LogP contribution in [0.1, 0.15) is 55.1 Å². The van der Waals surface area contributed by atoms with Crippen LogP contribution in [0.2, 0.25) is 0 Å². The fraction of sp³-hybridized carbons (Fsp3) is 0.0667. The Bertz CT molecular complexity index is 3880. The number of hydrogen-bond acceptors (Lipinski definition) is 0. The predicted octanol–water partition coefficient (Wildman–Crippen LogP) is 12.5. The van der Waals surface area contributed by atoms with Gasteiger partial charge < -0.3 is 0 Å². The van der Waals surface area contributed by atoms with E-state index in [-0.39, 0.29) is 66.0 Å². The molecule has 0 N–H and O–H groups in total. The van der Waals surface area contributed by atoms with E-state index in [0.29, 0.717) is 5.56 Å². The molecule has 9 aromatic carbocycles. The molecule has 0 nitrogen and oxygen atoms in total. The highest BCUT2D eigenvalue weighted by Gasteiger charge is 2.33. The summed E-state index contributed by atoms with van der Waals surface area (Å²) in [5.41, 5.74) is -2.53. The predicted molar refractivity (Wildman–Crippen MR) is 194 cm³/mol. The van der Waals surface area contributed by atoms with Crippen LogP contribution >= 0.6 is 0 Å². The van der Waals surface area contributed by atoms with Crippen molar-refractivity contribution in [3.8, 4) is 33.4 Å². The third-order valence-electron chi connectivity index (χ3n) is 8.76. The lowest BCUT2D eigenvalue weighted by molar-refractivity contribution is 0.645. The zero-order chi connectivity index (χ0) is 49.0. The van der Waals surface area contributed by atoms with E-state index in [4.69, 9.17) is 19.2 Å². The fourth-order valence-electron chi connectivity index (χ4n) is 6.60. The van der Waals surface area contributed by atoms with Gasteiger partial charge in [-0.25, -0.2) is 0 Å². The zero-order valence-corrected chi connectivity index (χ0v) is 23.7. The van der Waals surface area contributed by atoms with E-state index in [1.54, 1.807) is 13.8 Å². The molecule has 9 aromatic rings. The maximum Gasteiger partial charge on any atom is 0.0636 e. The summed E-state index contributed by atoms with van der Waals surface area (Å²) in [6.45, 7) is 3.39. The smallest absolute Gasteiger partial charge is 0.0613 e.